The van der Waals surface area contributed by atoms with Crippen molar-refractivity contribution in [2.45, 2.75) is 35.5 Å². The van der Waals surface area contributed by atoms with Crippen molar-refractivity contribution in [2.24, 2.45) is 10.7 Å². The molecule has 3 heterocycles. The van der Waals surface area contributed by atoms with Crippen molar-refractivity contribution in [3.8, 4) is 5.75 Å². The summed E-state index contributed by atoms with van der Waals surface area (Å²) in [6, 6.07) is 6.64. The molecular formula is C22H24F2N4O5S. The van der Waals surface area contributed by atoms with Crippen molar-refractivity contribution in [1.82, 2.24) is 4.98 Å². The molecule has 0 saturated carbocycles. The number of nitrogens with one attached hydrogen (secondary N) is 1. The molecule has 3 atom stereocenters. The van der Waals surface area contributed by atoms with Gasteiger partial charge in [0, 0.05) is 11.3 Å². The Labute approximate surface area is 195 Å². The molecule has 1 aromatic carbocycles. The predicted molar refractivity (Wildman–Crippen MR) is 121 cm³/mol. The van der Waals surface area contributed by atoms with Crippen LogP contribution in [0.1, 0.15) is 29.9 Å². The van der Waals surface area contributed by atoms with E-state index in [-0.39, 0.29) is 22.8 Å². The summed E-state index contributed by atoms with van der Waals surface area (Å²) in [6.07, 6.45) is 0.0236. The van der Waals surface area contributed by atoms with Crippen molar-refractivity contribution in [2.75, 3.05) is 25.7 Å². The topological polar surface area (TPSA) is 133 Å². The fourth-order valence-corrected chi connectivity index (χ4v) is 6.54. The third-order valence-corrected chi connectivity index (χ3v) is 9.35. The highest BCUT2D eigenvalue weighted by atomic mass is 32.2. The van der Waals surface area contributed by atoms with Crippen LogP contribution in [0.3, 0.4) is 0 Å². The van der Waals surface area contributed by atoms with E-state index >= 15 is 4.39 Å². The average Bonchev–Trinajstić information content (AvgIpc) is 3.19. The fraction of sp³-hybridized carbons (Fsp3) is 0.409. The number of halogens is 2. The number of alkyl halides is 1. The van der Waals surface area contributed by atoms with Crippen LogP contribution in [0.5, 0.6) is 5.75 Å². The number of methoxy groups -OCH3 is 1. The summed E-state index contributed by atoms with van der Waals surface area (Å²) in [5.41, 5.74) is 4.29. The molecule has 182 valence electrons. The van der Waals surface area contributed by atoms with Crippen molar-refractivity contribution in [3.63, 3.8) is 0 Å². The first kappa shape index (κ1) is 24.0. The van der Waals surface area contributed by atoms with Crippen LogP contribution in [-0.4, -0.2) is 61.6 Å². The lowest BCUT2D eigenvalue weighted by Gasteiger charge is -2.42. The van der Waals surface area contributed by atoms with Gasteiger partial charge in [-0.25, -0.2) is 22.2 Å². The van der Waals surface area contributed by atoms with Gasteiger partial charge in [-0.3, -0.25) is 9.79 Å². The van der Waals surface area contributed by atoms with Crippen molar-refractivity contribution in [3.05, 3.63) is 53.6 Å². The zero-order valence-corrected chi connectivity index (χ0v) is 19.5. The number of sulfone groups is 1. The highest BCUT2D eigenvalue weighted by molar-refractivity contribution is 7.94. The van der Waals surface area contributed by atoms with E-state index in [1.54, 1.807) is 6.07 Å². The zero-order chi connectivity index (χ0) is 24.9. The number of hydrogen-bond donors (Lipinski definition) is 2. The van der Waals surface area contributed by atoms with E-state index in [0.29, 0.717) is 5.75 Å². The number of carbonyl (C=O) groups excluding carboxylic acids is 1. The van der Waals surface area contributed by atoms with E-state index in [9.17, 15) is 17.6 Å². The van der Waals surface area contributed by atoms with Gasteiger partial charge in [-0.05, 0) is 44.2 Å². The molecule has 1 aromatic heterocycles. The number of amides is 1. The third kappa shape index (κ3) is 3.52. The summed E-state index contributed by atoms with van der Waals surface area (Å²) in [4.78, 5) is 21.0. The Morgan fingerprint density at radius 2 is 2.06 bits per heavy atom. The number of amidine groups is 1. The number of fused-ring (bicyclic) bond motifs is 1. The quantitative estimate of drug-likeness (QED) is 0.649. The Morgan fingerprint density at radius 3 is 2.68 bits per heavy atom. The molecule has 0 spiro atoms. The molecule has 1 fully saturated rings. The Hall–Kier alpha value is -3.12. The average molecular weight is 495 g/mol. The SMILES string of the molecule is COc1ccc(C(=O)Nc2ccc(F)c([C@]34COC(CF)[C@H]3S(=O)(=O)C(C)(C)C(N)=N4)c2)nc1. The third-order valence-electron chi connectivity index (χ3n) is 6.36. The van der Waals surface area contributed by atoms with E-state index in [4.69, 9.17) is 15.2 Å². The van der Waals surface area contributed by atoms with Gasteiger partial charge in [0.25, 0.3) is 5.91 Å². The van der Waals surface area contributed by atoms with Gasteiger partial charge in [0.15, 0.2) is 9.84 Å². The molecular weight excluding hydrogens is 470 g/mol. The van der Waals surface area contributed by atoms with Crippen LogP contribution in [0.15, 0.2) is 41.5 Å². The number of nitrogens with two attached hydrogens (primary N) is 1. The Balaban J connectivity index is 1.78. The lowest BCUT2D eigenvalue weighted by Crippen LogP contribution is -2.62. The van der Waals surface area contributed by atoms with E-state index in [0.717, 1.165) is 6.07 Å². The van der Waals surface area contributed by atoms with E-state index in [1.807, 2.05) is 0 Å². The molecule has 3 N–H and O–H groups in total. The Morgan fingerprint density at radius 1 is 1.32 bits per heavy atom. The highest BCUT2D eigenvalue weighted by Gasteiger charge is 2.65. The first-order valence-corrected chi connectivity index (χ1v) is 11.9. The summed E-state index contributed by atoms with van der Waals surface area (Å²) < 4.78 is 64.8. The molecule has 12 heteroatoms. The molecule has 9 nitrogen and oxygen atoms in total. The summed E-state index contributed by atoms with van der Waals surface area (Å²) >= 11 is 0. The number of pyridine rings is 1. The molecule has 1 unspecified atom stereocenters. The molecule has 4 rings (SSSR count). The number of anilines is 1. The maximum atomic E-state index is 15.1. The largest absolute Gasteiger partial charge is 0.495 e. The lowest BCUT2D eigenvalue weighted by molar-refractivity contribution is 0.0848. The van der Waals surface area contributed by atoms with Gasteiger partial charge in [0.1, 0.15) is 51.4 Å². The van der Waals surface area contributed by atoms with E-state index in [1.165, 1.54) is 45.4 Å². The Bertz CT molecular complexity index is 1270. The summed E-state index contributed by atoms with van der Waals surface area (Å²) in [7, 11) is -2.69. The number of rotatable bonds is 5. The monoisotopic (exact) mass is 494 g/mol. The first-order chi connectivity index (χ1) is 16.0. The van der Waals surface area contributed by atoms with Gasteiger partial charge in [0.05, 0.1) is 19.9 Å². The second-order valence-electron chi connectivity index (χ2n) is 8.63. The second kappa shape index (κ2) is 8.27. The van der Waals surface area contributed by atoms with Crippen LogP contribution in [0.4, 0.5) is 14.5 Å². The van der Waals surface area contributed by atoms with E-state index < -0.39 is 56.5 Å². The molecule has 2 aliphatic heterocycles. The van der Waals surface area contributed by atoms with Gasteiger partial charge >= 0.3 is 0 Å². The molecule has 0 radical (unpaired) electrons. The normalized spacial score (nSPS) is 26.9. The van der Waals surface area contributed by atoms with Crippen molar-refractivity contribution >= 4 is 27.3 Å². The zero-order valence-electron chi connectivity index (χ0n) is 18.7. The predicted octanol–water partition coefficient (Wildman–Crippen LogP) is 1.98. The molecule has 2 aliphatic rings. The molecule has 0 aliphatic carbocycles. The number of aliphatic imine (C=N–C) groups is 1. The van der Waals surface area contributed by atoms with Crippen LogP contribution in [0.2, 0.25) is 0 Å². The maximum absolute atomic E-state index is 15.1. The van der Waals surface area contributed by atoms with Gasteiger partial charge in [-0.2, -0.15) is 0 Å². The summed E-state index contributed by atoms with van der Waals surface area (Å²) in [5.74, 6) is -1.14. The molecule has 2 aromatic rings. The first-order valence-electron chi connectivity index (χ1n) is 10.4. The number of hydrogen-bond acceptors (Lipinski definition) is 8. The lowest BCUT2D eigenvalue weighted by atomic mass is 9.86. The number of carbonyl (C=O) groups is 1. The summed E-state index contributed by atoms with van der Waals surface area (Å²) in [6.45, 7) is 1.25. The number of benzene rings is 1. The van der Waals surface area contributed by atoms with Crippen LogP contribution in [0, 0.1) is 5.82 Å². The Kier molecular flexibility index (Phi) is 5.85. The molecule has 0 bridgehead atoms. The minimum Gasteiger partial charge on any atom is -0.495 e. The van der Waals surface area contributed by atoms with Gasteiger partial charge in [-0.1, -0.05) is 0 Å². The molecule has 1 saturated heterocycles. The van der Waals surface area contributed by atoms with Crippen LogP contribution in [-0.2, 0) is 20.1 Å². The standard InChI is InChI=1S/C22H24F2N4O5S/c1-21(2)20(25)28-22(11-33-17(9-23)18(22)34(21,30)31)14-8-12(4-6-15(14)24)27-19(29)16-7-5-13(32-3)10-26-16/h4-8,10,17-18H,9,11H2,1-3H3,(H2,25,28)(H,27,29)/t17?,18-,22-/m1/s1. The fourth-order valence-electron chi connectivity index (χ4n) is 4.26. The van der Waals surface area contributed by atoms with Gasteiger partial charge in [-0.15, -0.1) is 0 Å². The maximum Gasteiger partial charge on any atom is 0.274 e. The van der Waals surface area contributed by atoms with Gasteiger partial charge in [0.2, 0.25) is 0 Å². The molecule has 34 heavy (non-hydrogen) atoms. The number of nitrogens with zero attached hydrogens (tertiary/aromatic N) is 2. The van der Waals surface area contributed by atoms with Crippen molar-refractivity contribution < 1.29 is 31.5 Å². The van der Waals surface area contributed by atoms with Crippen LogP contribution >= 0.6 is 0 Å². The second-order valence-corrected chi connectivity index (χ2v) is 11.3. The van der Waals surface area contributed by atoms with Crippen LogP contribution < -0.4 is 15.8 Å². The molecule has 1 amide bonds. The van der Waals surface area contributed by atoms with Crippen molar-refractivity contribution in [1.29, 1.82) is 0 Å². The van der Waals surface area contributed by atoms with Crippen LogP contribution in [0.25, 0.3) is 0 Å². The number of ether oxygens (including phenoxy) is 2. The summed E-state index contributed by atoms with van der Waals surface area (Å²) in [5, 5.41) is 1.10. The smallest absolute Gasteiger partial charge is 0.274 e. The minimum atomic E-state index is -4.15. The van der Waals surface area contributed by atoms with Gasteiger partial charge < -0.3 is 20.5 Å². The highest BCUT2D eigenvalue weighted by Crippen LogP contribution is 2.49. The number of aromatic nitrogens is 1. The van der Waals surface area contributed by atoms with E-state index in [2.05, 4.69) is 15.3 Å². The minimum absolute atomic E-state index is 0.0775.